The molecule has 2 aromatic rings. The van der Waals surface area contributed by atoms with E-state index in [1.54, 1.807) is 34.1 Å². The van der Waals surface area contributed by atoms with E-state index in [1.165, 1.54) is 68.3 Å². The summed E-state index contributed by atoms with van der Waals surface area (Å²) in [6, 6.07) is 5.74. The van der Waals surface area contributed by atoms with Crippen LogP contribution < -0.4 is 28.4 Å². The van der Waals surface area contributed by atoms with Gasteiger partial charge >= 0.3 is 5.97 Å². The smallest absolute Gasteiger partial charge is 0.305 e. The van der Waals surface area contributed by atoms with Gasteiger partial charge in [0.25, 0.3) is 11.8 Å². The van der Waals surface area contributed by atoms with Crippen molar-refractivity contribution in [3.63, 3.8) is 0 Å². The molecule has 0 aliphatic carbocycles. The van der Waals surface area contributed by atoms with Crippen LogP contribution in [0.2, 0.25) is 0 Å². The molecule has 1 saturated heterocycles. The second kappa shape index (κ2) is 18.7. The first-order valence-corrected chi connectivity index (χ1v) is 16.1. The van der Waals surface area contributed by atoms with E-state index >= 15 is 0 Å². The third-order valence-electron chi connectivity index (χ3n) is 8.28. The van der Waals surface area contributed by atoms with Gasteiger partial charge in [0.1, 0.15) is 6.61 Å². The van der Waals surface area contributed by atoms with Crippen LogP contribution >= 0.6 is 0 Å². The molecule has 0 spiro atoms. The van der Waals surface area contributed by atoms with E-state index in [1.807, 2.05) is 0 Å². The minimum absolute atomic E-state index is 0.0649. The Labute approximate surface area is 278 Å². The molecule has 1 aliphatic heterocycles. The van der Waals surface area contributed by atoms with Crippen LogP contribution in [0.15, 0.2) is 24.3 Å². The van der Waals surface area contributed by atoms with Crippen molar-refractivity contribution in [2.24, 2.45) is 0 Å². The number of carbonyl (C=O) groups excluding carboxylic acids is 3. The molecule has 12 heteroatoms. The van der Waals surface area contributed by atoms with Crippen molar-refractivity contribution in [3.05, 3.63) is 35.4 Å². The summed E-state index contributed by atoms with van der Waals surface area (Å²) < 4.78 is 38.3. The van der Waals surface area contributed by atoms with Gasteiger partial charge in [0.05, 0.1) is 48.7 Å². The van der Waals surface area contributed by atoms with E-state index in [0.29, 0.717) is 52.0 Å². The molecule has 260 valence electrons. The summed E-state index contributed by atoms with van der Waals surface area (Å²) in [5.74, 6) is 1.17. The summed E-state index contributed by atoms with van der Waals surface area (Å²) >= 11 is 0. The summed E-state index contributed by atoms with van der Waals surface area (Å²) in [5, 5.41) is 0. The lowest BCUT2D eigenvalue weighted by Crippen LogP contribution is -2.58. The van der Waals surface area contributed by atoms with Crippen molar-refractivity contribution in [3.8, 4) is 34.5 Å². The Morgan fingerprint density at radius 2 is 1.11 bits per heavy atom. The molecule has 0 saturated carbocycles. The van der Waals surface area contributed by atoms with E-state index in [4.69, 9.17) is 33.2 Å². The fourth-order valence-corrected chi connectivity index (χ4v) is 5.70. The number of benzene rings is 2. The van der Waals surface area contributed by atoms with Gasteiger partial charge in [-0.3, -0.25) is 14.4 Å². The third-order valence-corrected chi connectivity index (χ3v) is 8.28. The Balaban J connectivity index is 1.82. The zero-order valence-electron chi connectivity index (χ0n) is 28.8. The molecule has 1 atom stereocenters. The summed E-state index contributed by atoms with van der Waals surface area (Å²) in [7, 11) is 8.90. The highest BCUT2D eigenvalue weighted by molar-refractivity contribution is 5.97. The molecular formula is C35H50N2O10. The molecule has 0 radical (unpaired) electrons. The van der Waals surface area contributed by atoms with Gasteiger partial charge in [-0.15, -0.1) is 0 Å². The average Bonchev–Trinajstić information content (AvgIpc) is 3.11. The highest BCUT2D eigenvalue weighted by atomic mass is 16.5. The minimum atomic E-state index is -0.612. The number of amides is 2. The Bertz CT molecular complexity index is 1300. The average molecular weight is 659 g/mol. The maximum absolute atomic E-state index is 14.0. The van der Waals surface area contributed by atoms with Crippen molar-refractivity contribution in [1.82, 2.24) is 9.80 Å². The monoisotopic (exact) mass is 658 g/mol. The first-order valence-electron chi connectivity index (χ1n) is 16.1. The van der Waals surface area contributed by atoms with Crippen molar-refractivity contribution < 1.29 is 47.5 Å². The van der Waals surface area contributed by atoms with E-state index in [0.717, 1.165) is 19.3 Å². The summed E-state index contributed by atoms with van der Waals surface area (Å²) in [6.07, 6.45) is 7.90. The van der Waals surface area contributed by atoms with Crippen LogP contribution in [-0.2, 0) is 9.53 Å². The summed E-state index contributed by atoms with van der Waals surface area (Å²) in [4.78, 5) is 43.8. The zero-order chi connectivity index (χ0) is 34.3. The highest BCUT2D eigenvalue weighted by Gasteiger charge is 2.35. The third kappa shape index (κ3) is 9.59. The summed E-state index contributed by atoms with van der Waals surface area (Å²) in [5.41, 5.74) is 0.641. The molecule has 1 heterocycles. The van der Waals surface area contributed by atoms with Crippen molar-refractivity contribution >= 4 is 17.8 Å². The van der Waals surface area contributed by atoms with Gasteiger partial charge in [0.15, 0.2) is 23.0 Å². The lowest BCUT2D eigenvalue weighted by Gasteiger charge is -2.41. The number of methoxy groups -OCH3 is 6. The number of nitrogens with zero attached hydrogens (tertiary/aromatic N) is 2. The molecule has 2 aromatic carbocycles. The Morgan fingerprint density at radius 3 is 1.57 bits per heavy atom. The van der Waals surface area contributed by atoms with Gasteiger partial charge in [-0.1, -0.05) is 45.4 Å². The lowest BCUT2D eigenvalue weighted by molar-refractivity contribution is -0.145. The number of unbranched alkanes of at least 4 members (excludes halogenated alkanes) is 6. The van der Waals surface area contributed by atoms with Gasteiger partial charge in [0.2, 0.25) is 11.5 Å². The normalized spacial score (nSPS) is 14.3. The Kier molecular flexibility index (Phi) is 14.8. The number of ether oxygens (including phenoxy) is 7. The predicted molar refractivity (Wildman–Crippen MR) is 176 cm³/mol. The molecular weight excluding hydrogens is 608 g/mol. The van der Waals surface area contributed by atoms with Gasteiger partial charge in [-0.2, -0.15) is 0 Å². The number of rotatable bonds is 18. The van der Waals surface area contributed by atoms with Crippen LogP contribution in [0.1, 0.15) is 79.0 Å². The molecule has 0 N–H and O–H groups in total. The maximum atomic E-state index is 14.0. The second-order valence-corrected chi connectivity index (χ2v) is 11.3. The fourth-order valence-electron chi connectivity index (χ4n) is 5.70. The molecule has 1 aliphatic rings. The van der Waals surface area contributed by atoms with Gasteiger partial charge in [0, 0.05) is 37.2 Å². The van der Waals surface area contributed by atoms with E-state index in [9.17, 15) is 14.4 Å². The van der Waals surface area contributed by atoms with E-state index < -0.39 is 6.04 Å². The van der Waals surface area contributed by atoms with Gasteiger partial charge in [-0.05, 0) is 30.7 Å². The SMILES string of the molecule is CCCCCCCCCC(=O)OCC1CN(C(=O)c2cc(OC)c(OC)c(OC)c2)CCN1C(=O)c1cc(OC)c(OC)c(OC)c1. The number of esters is 1. The molecule has 1 unspecified atom stereocenters. The van der Waals surface area contributed by atoms with Crippen LogP contribution in [0.25, 0.3) is 0 Å². The zero-order valence-corrected chi connectivity index (χ0v) is 28.8. The first-order chi connectivity index (χ1) is 22.8. The second-order valence-electron chi connectivity index (χ2n) is 11.3. The number of piperazine rings is 1. The van der Waals surface area contributed by atoms with E-state index in [-0.39, 0.29) is 44.0 Å². The standard InChI is InChI=1S/C35H50N2O10/c1-8-9-10-11-12-13-14-15-31(38)47-23-26-22-36(34(39)24-18-27(41-2)32(45-6)28(19-24)42-3)16-17-37(26)35(40)25-20-29(43-4)33(46-7)30(21-25)44-5/h18-21,26H,8-17,22-23H2,1-7H3. The molecule has 0 bridgehead atoms. The van der Waals surface area contributed by atoms with Crippen molar-refractivity contribution in [2.45, 2.75) is 64.3 Å². The number of carbonyl (C=O) groups is 3. The Hall–Kier alpha value is -4.35. The molecule has 47 heavy (non-hydrogen) atoms. The molecule has 12 nitrogen and oxygen atoms in total. The van der Waals surface area contributed by atoms with Crippen molar-refractivity contribution in [1.29, 1.82) is 0 Å². The van der Waals surface area contributed by atoms with Gasteiger partial charge < -0.3 is 43.0 Å². The molecule has 1 fully saturated rings. The molecule has 3 rings (SSSR count). The fraction of sp³-hybridized carbons (Fsp3) is 0.571. The van der Waals surface area contributed by atoms with Crippen LogP contribution in [0.4, 0.5) is 0 Å². The highest BCUT2D eigenvalue weighted by Crippen LogP contribution is 2.40. The first kappa shape index (κ1) is 37.1. The summed E-state index contributed by atoms with van der Waals surface area (Å²) in [6.45, 7) is 2.70. The quantitative estimate of drug-likeness (QED) is 0.152. The largest absolute Gasteiger partial charge is 0.493 e. The lowest BCUT2D eigenvalue weighted by atomic mass is 10.1. The Morgan fingerprint density at radius 1 is 0.638 bits per heavy atom. The van der Waals surface area contributed by atoms with Crippen LogP contribution in [0, 0.1) is 0 Å². The van der Waals surface area contributed by atoms with Crippen LogP contribution in [0.5, 0.6) is 34.5 Å². The van der Waals surface area contributed by atoms with Gasteiger partial charge in [-0.25, -0.2) is 0 Å². The molecule has 2 amide bonds. The maximum Gasteiger partial charge on any atom is 0.305 e. The minimum Gasteiger partial charge on any atom is -0.493 e. The topological polar surface area (TPSA) is 122 Å². The van der Waals surface area contributed by atoms with Crippen LogP contribution in [0.3, 0.4) is 0 Å². The molecule has 0 aromatic heterocycles. The van der Waals surface area contributed by atoms with Crippen LogP contribution in [-0.4, -0.2) is 103 Å². The number of hydrogen-bond donors (Lipinski definition) is 0. The predicted octanol–water partition coefficient (Wildman–Crippen LogP) is 5.39. The van der Waals surface area contributed by atoms with E-state index in [2.05, 4.69) is 6.92 Å². The van der Waals surface area contributed by atoms with Crippen molar-refractivity contribution in [2.75, 3.05) is 68.9 Å². The number of hydrogen-bond acceptors (Lipinski definition) is 10.